The van der Waals surface area contributed by atoms with Gasteiger partial charge in [-0.25, -0.2) is 0 Å². The fourth-order valence-electron chi connectivity index (χ4n) is 2.48. The zero-order valence-corrected chi connectivity index (χ0v) is 16.0. The molecule has 3 N–H and O–H groups in total. The van der Waals surface area contributed by atoms with E-state index >= 15 is 0 Å². The zero-order chi connectivity index (χ0) is 20.0. The van der Waals surface area contributed by atoms with E-state index < -0.39 is 5.91 Å². The number of nitrogens with one attached hydrogen (secondary N) is 1. The lowest BCUT2D eigenvalue weighted by atomic mass is 10.1. The number of hydrogen-bond donors (Lipinski definition) is 2. The smallest absolute Gasteiger partial charge is 0.255 e. The minimum absolute atomic E-state index is 0.189. The van der Waals surface area contributed by atoms with E-state index in [2.05, 4.69) is 5.32 Å². The van der Waals surface area contributed by atoms with E-state index in [1.165, 1.54) is 26.4 Å². The molecule has 1 unspecified atom stereocenters. The quantitative estimate of drug-likeness (QED) is 0.719. The summed E-state index contributed by atoms with van der Waals surface area (Å²) < 4.78 is 15.9. The van der Waals surface area contributed by atoms with Crippen LogP contribution < -0.4 is 25.3 Å². The largest absolute Gasteiger partial charge is 0.493 e. The van der Waals surface area contributed by atoms with Crippen molar-refractivity contribution in [2.75, 3.05) is 20.8 Å². The molecular formula is C19H21ClN2O5. The normalized spacial score (nSPS) is 11.4. The van der Waals surface area contributed by atoms with Gasteiger partial charge in [0.1, 0.15) is 0 Å². The topological polar surface area (TPSA) is 99.9 Å². The summed E-state index contributed by atoms with van der Waals surface area (Å²) in [5.74, 6) is -0.318. The molecule has 7 nitrogen and oxygen atoms in total. The maximum Gasteiger partial charge on any atom is 0.255 e. The molecule has 0 fully saturated rings. The molecular weight excluding hydrogens is 372 g/mol. The summed E-state index contributed by atoms with van der Waals surface area (Å²) in [7, 11) is 2.83. The Hall–Kier alpha value is -2.93. The Balaban J connectivity index is 2.28. The van der Waals surface area contributed by atoms with Crippen molar-refractivity contribution in [3.05, 3.63) is 52.5 Å². The van der Waals surface area contributed by atoms with Crippen LogP contribution in [0.25, 0.3) is 0 Å². The number of carbonyl (C=O) groups is 2. The Morgan fingerprint density at radius 2 is 1.74 bits per heavy atom. The molecule has 2 aromatic rings. The monoisotopic (exact) mass is 392 g/mol. The number of primary amides is 1. The first-order valence-electron chi connectivity index (χ1n) is 8.09. The molecule has 0 heterocycles. The van der Waals surface area contributed by atoms with E-state index in [-0.39, 0.29) is 35.8 Å². The summed E-state index contributed by atoms with van der Waals surface area (Å²) in [6.45, 7) is 1.49. The maximum atomic E-state index is 12.7. The molecule has 0 aliphatic heterocycles. The number of ether oxygens (including phenoxy) is 3. The zero-order valence-electron chi connectivity index (χ0n) is 15.2. The minimum Gasteiger partial charge on any atom is -0.493 e. The van der Waals surface area contributed by atoms with E-state index in [9.17, 15) is 9.59 Å². The molecule has 2 aromatic carbocycles. The first kappa shape index (κ1) is 20.4. The van der Waals surface area contributed by atoms with Crippen molar-refractivity contribution < 1.29 is 23.8 Å². The molecule has 0 aromatic heterocycles. The Morgan fingerprint density at radius 1 is 1.15 bits per heavy atom. The standard InChI is InChI=1S/C19H21ClN2O5/c1-11(13-6-4-5-7-14(13)20)22-19(24)12-8-15(25-2)18(16(9-12)26-3)27-10-17(21)23/h4-9,11H,10H2,1-3H3,(H2,21,23)(H,22,24). The van der Waals surface area contributed by atoms with E-state index in [1.54, 1.807) is 6.07 Å². The number of halogens is 1. The van der Waals surface area contributed by atoms with Gasteiger partial charge in [-0.1, -0.05) is 29.8 Å². The van der Waals surface area contributed by atoms with Crippen LogP contribution in [-0.2, 0) is 4.79 Å². The summed E-state index contributed by atoms with van der Waals surface area (Å²) in [5, 5.41) is 3.44. The van der Waals surface area contributed by atoms with Crippen molar-refractivity contribution in [3.63, 3.8) is 0 Å². The third-order valence-electron chi connectivity index (χ3n) is 3.80. The van der Waals surface area contributed by atoms with Gasteiger partial charge in [0.2, 0.25) is 5.75 Å². The van der Waals surface area contributed by atoms with Crippen molar-refractivity contribution in [1.82, 2.24) is 5.32 Å². The van der Waals surface area contributed by atoms with Gasteiger partial charge >= 0.3 is 0 Å². The van der Waals surface area contributed by atoms with Crippen LogP contribution in [0.5, 0.6) is 17.2 Å². The van der Waals surface area contributed by atoms with Crippen LogP contribution in [0.3, 0.4) is 0 Å². The predicted molar refractivity (Wildman–Crippen MR) is 102 cm³/mol. The van der Waals surface area contributed by atoms with Gasteiger partial charge in [0.25, 0.3) is 11.8 Å². The van der Waals surface area contributed by atoms with Gasteiger partial charge in [0.05, 0.1) is 20.3 Å². The first-order chi connectivity index (χ1) is 12.9. The van der Waals surface area contributed by atoms with Crippen LogP contribution in [0.1, 0.15) is 28.9 Å². The second-order valence-corrected chi connectivity index (χ2v) is 6.09. The summed E-state index contributed by atoms with van der Waals surface area (Å²) in [5.41, 5.74) is 6.20. The molecule has 0 aliphatic rings. The van der Waals surface area contributed by atoms with Crippen LogP contribution in [-0.4, -0.2) is 32.6 Å². The summed E-state index contributed by atoms with van der Waals surface area (Å²) >= 11 is 6.18. The van der Waals surface area contributed by atoms with E-state index in [4.69, 9.17) is 31.5 Å². The fraction of sp³-hybridized carbons (Fsp3) is 0.263. The highest BCUT2D eigenvalue weighted by molar-refractivity contribution is 6.31. The minimum atomic E-state index is -0.644. The van der Waals surface area contributed by atoms with E-state index in [1.807, 2.05) is 25.1 Å². The molecule has 0 aliphatic carbocycles. The van der Waals surface area contributed by atoms with Gasteiger partial charge in [-0.3, -0.25) is 9.59 Å². The molecule has 27 heavy (non-hydrogen) atoms. The third kappa shape index (κ3) is 5.04. The molecule has 144 valence electrons. The van der Waals surface area contributed by atoms with Crippen molar-refractivity contribution in [1.29, 1.82) is 0 Å². The average molecular weight is 393 g/mol. The molecule has 2 amide bonds. The summed E-state index contributed by atoms with van der Waals surface area (Å²) in [6, 6.07) is 9.95. The number of amides is 2. The molecule has 0 bridgehead atoms. The van der Waals surface area contributed by atoms with Crippen molar-refractivity contribution >= 4 is 23.4 Å². The lowest BCUT2D eigenvalue weighted by Gasteiger charge is -2.18. The van der Waals surface area contributed by atoms with Crippen molar-refractivity contribution in [2.24, 2.45) is 5.73 Å². The molecule has 0 saturated carbocycles. The lowest BCUT2D eigenvalue weighted by molar-refractivity contribution is -0.120. The number of methoxy groups -OCH3 is 2. The van der Waals surface area contributed by atoms with Crippen LogP contribution in [0, 0.1) is 0 Å². The van der Waals surface area contributed by atoms with E-state index in [0.717, 1.165) is 5.56 Å². The van der Waals surface area contributed by atoms with Crippen LogP contribution in [0.4, 0.5) is 0 Å². The van der Waals surface area contributed by atoms with Gasteiger partial charge in [-0.2, -0.15) is 0 Å². The maximum absolute atomic E-state index is 12.7. The van der Waals surface area contributed by atoms with Gasteiger partial charge < -0.3 is 25.3 Å². The SMILES string of the molecule is COc1cc(C(=O)NC(C)c2ccccc2Cl)cc(OC)c1OCC(N)=O. The van der Waals surface area contributed by atoms with Crippen LogP contribution in [0.15, 0.2) is 36.4 Å². The Bertz CT molecular complexity index is 816. The van der Waals surface area contributed by atoms with Gasteiger partial charge in [0, 0.05) is 10.6 Å². The third-order valence-corrected chi connectivity index (χ3v) is 4.15. The Kier molecular flexibility index (Phi) is 6.90. The van der Waals surface area contributed by atoms with Gasteiger partial charge in [-0.15, -0.1) is 0 Å². The Labute approximate surface area is 162 Å². The second-order valence-electron chi connectivity index (χ2n) is 5.68. The highest BCUT2D eigenvalue weighted by atomic mass is 35.5. The number of rotatable bonds is 8. The molecule has 0 radical (unpaired) electrons. The van der Waals surface area contributed by atoms with Gasteiger partial charge in [0.15, 0.2) is 18.1 Å². The summed E-state index contributed by atoms with van der Waals surface area (Å²) in [4.78, 5) is 23.6. The number of carbonyl (C=O) groups excluding carboxylic acids is 2. The van der Waals surface area contributed by atoms with Crippen LogP contribution in [0.2, 0.25) is 5.02 Å². The second kappa shape index (κ2) is 9.14. The Morgan fingerprint density at radius 3 is 2.26 bits per heavy atom. The lowest BCUT2D eigenvalue weighted by Crippen LogP contribution is -2.27. The first-order valence-corrected chi connectivity index (χ1v) is 8.47. The highest BCUT2D eigenvalue weighted by Gasteiger charge is 2.20. The van der Waals surface area contributed by atoms with Crippen molar-refractivity contribution in [3.8, 4) is 17.2 Å². The average Bonchev–Trinajstić information content (AvgIpc) is 2.65. The fourth-order valence-corrected chi connectivity index (χ4v) is 2.78. The molecule has 8 heteroatoms. The number of nitrogens with two attached hydrogens (primary N) is 1. The predicted octanol–water partition coefficient (Wildman–Crippen LogP) is 2.71. The van der Waals surface area contributed by atoms with Crippen molar-refractivity contribution in [2.45, 2.75) is 13.0 Å². The van der Waals surface area contributed by atoms with E-state index in [0.29, 0.717) is 10.6 Å². The molecule has 2 rings (SSSR count). The number of hydrogen-bond acceptors (Lipinski definition) is 5. The van der Waals surface area contributed by atoms with Crippen LogP contribution >= 0.6 is 11.6 Å². The van der Waals surface area contributed by atoms with Gasteiger partial charge in [-0.05, 0) is 30.7 Å². The molecule has 0 spiro atoms. The summed E-state index contributed by atoms with van der Waals surface area (Å²) in [6.07, 6.45) is 0. The highest BCUT2D eigenvalue weighted by Crippen LogP contribution is 2.38. The molecule has 0 saturated heterocycles. The molecule has 1 atom stereocenters. The number of benzene rings is 2.